The van der Waals surface area contributed by atoms with Crippen LogP contribution in [-0.4, -0.2) is 36.4 Å². The van der Waals surface area contributed by atoms with Gasteiger partial charge in [0.25, 0.3) is 0 Å². The lowest BCUT2D eigenvalue weighted by Crippen LogP contribution is -2.47. The molecule has 2 aliphatic carbocycles. The van der Waals surface area contributed by atoms with Crippen LogP contribution in [0.2, 0.25) is 0 Å². The molecule has 3 nitrogen and oxygen atoms in total. The minimum absolute atomic E-state index is 0.172. The van der Waals surface area contributed by atoms with Crippen molar-refractivity contribution in [2.45, 2.75) is 43.9 Å². The lowest BCUT2D eigenvalue weighted by Gasteiger charge is -2.27. The Morgan fingerprint density at radius 3 is 2.57 bits per heavy atom. The highest BCUT2D eigenvalue weighted by Crippen LogP contribution is 2.44. The molecule has 5 atom stereocenters. The van der Waals surface area contributed by atoms with Crippen LogP contribution in [0.4, 0.5) is 0 Å². The number of β-amino-alcohol motifs (C(OH)–C–C–N with tert-alkyl or cyclic N) is 1. The fraction of sp³-hybridized carbons (Fsp3) is 1.00. The quantitative estimate of drug-likeness (QED) is 0.587. The number of aliphatic hydroxyl groups is 1. The van der Waals surface area contributed by atoms with Crippen molar-refractivity contribution in [3.8, 4) is 0 Å². The Hall–Kier alpha value is -0.120. The molecule has 2 saturated carbocycles. The first-order valence-corrected chi connectivity index (χ1v) is 5.98. The van der Waals surface area contributed by atoms with Crippen LogP contribution >= 0.6 is 0 Å². The Kier molecular flexibility index (Phi) is 2.26. The molecule has 14 heavy (non-hydrogen) atoms. The zero-order chi connectivity index (χ0) is 9.54. The molecule has 80 valence electrons. The average molecular weight is 196 g/mol. The first-order valence-electron chi connectivity index (χ1n) is 5.98. The molecule has 2 bridgehead atoms. The van der Waals surface area contributed by atoms with Crippen molar-refractivity contribution < 1.29 is 5.11 Å². The summed E-state index contributed by atoms with van der Waals surface area (Å²) in [6, 6.07) is 1.01. The maximum atomic E-state index is 9.69. The number of aliphatic hydroxyl groups excluding tert-OH is 1. The molecule has 3 unspecified atom stereocenters. The summed E-state index contributed by atoms with van der Waals surface area (Å²) in [5, 5.41) is 16.6. The van der Waals surface area contributed by atoms with E-state index in [0.29, 0.717) is 12.1 Å². The monoisotopic (exact) mass is 196 g/mol. The van der Waals surface area contributed by atoms with Crippen LogP contribution < -0.4 is 10.6 Å². The second-order valence-electron chi connectivity index (χ2n) is 5.28. The van der Waals surface area contributed by atoms with Gasteiger partial charge >= 0.3 is 0 Å². The van der Waals surface area contributed by atoms with E-state index in [4.69, 9.17) is 0 Å². The van der Waals surface area contributed by atoms with E-state index in [1.165, 1.54) is 25.7 Å². The van der Waals surface area contributed by atoms with Crippen LogP contribution in [0.1, 0.15) is 25.7 Å². The van der Waals surface area contributed by atoms with Gasteiger partial charge in [0.1, 0.15) is 0 Å². The Morgan fingerprint density at radius 1 is 1.07 bits per heavy atom. The molecule has 3 aliphatic rings. The van der Waals surface area contributed by atoms with E-state index in [1.54, 1.807) is 0 Å². The highest BCUT2D eigenvalue weighted by Gasteiger charge is 2.41. The molecule has 0 aromatic heterocycles. The van der Waals surface area contributed by atoms with Crippen LogP contribution in [0.5, 0.6) is 0 Å². The Labute approximate surface area is 85.3 Å². The van der Waals surface area contributed by atoms with Gasteiger partial charge in [0.15, 0.2) is 0 Å². The summed E-state index contributed by atoms with van der Waals surface area (Å²) in [6.45, 7) is 1.70. The third-order valence-corrected chi connectivity index (χ3v) is 4.35. The van der Waals surface area contributed by atoms with E-state index in [2.05, 4.69) is 10.6 Å². The molecule has 0 radical (unpaired) electrons. The number of nitrogens with one attached hydrogen (secondary N) is 2. The first-order chi connectivity index (χ1) is 6.83. The molecule has 3 N–H and O–H groups in total. The van der Waals surface area contributed by atoms with Crippen molar-refractivity contribution in [2.75, 3.05) is 13.1 Å². The molecule has 3 rings (SSSR count). The molecule has 0 aromatic rings. The van der Waals surface area contributed by atoms with E-state index >= 15 is 0 Å². The fourth-order valence-electron chi connectivity index (χ4n) is 3.56. The second kappa shape index (κ2) is 3.47. The molecule has 1 aliphatic heterocycles. The van der Waals surface area contributed by atoms with Gasteiger partial charge in [0.2, 0.25) is 0 Å². The minimum Gasteiger partial charge on any atom is -0.390 e. The van der Waals surface area contributed by atoms with Crippen molar-refractivity contribution in [3.63, 3.8) is 0 Å². The molecular formula is C11H20N2O. The molecular weight excluding hydrogens is 176 g/mol. The van der Waals surface area contributed by atoms with Gasteiger partial charge in [-0.15, -0.1) is 0 Å². The zero-order valence-corrected chi connectivity index (χ0v) is 8.58. The SMILES string of the molecule is O[C@@H]1CNC[C@H]1NC1CC2CCC1C2. The summed E-state index contributed by atoms with van der Waals surface area (Å²) in [7, 11) is 0. The number of hydrogen-bond donors (Lipinski definition) is 3. The van der Waals surface area contributed by atoms with Crippen molar-refractivity contribution >= 4 is 0 Å². The third-order valence-electron chi connectivity index (χ3n) is 4.35. The van der Waals surface area contributed by atoms with Gasteiger partial charge < -0.3 is 15.7 Å². The van der Waals surface area contributed by atoms with E-state index in [1.807, 2.05) is 0 Å². The van der Waals surface area contributed by atoms with Gasteiger partial charge in [-0.25, -0.2) is 0 Å². The van der Waals surface area contributed by atoms with Crippen LogP contribution in [0.3, 0.4) is 0 Å². The lowest BCUT2D eigenvalue weighted by atomic mass is 9.94. The van der Waals surface area contributed by atoms with Gasteiger partial charge in [0.05, 0.1) is 6.10 Å². The molecule has 1 saturated heterocycles. The van der Waals surface area contributed by atoms with E-state index in [9.17, 15) is 5.11 Å². The highest BCUT2D eigenvalue weighted by molar-refractivity contribution is 4.98. The van der Waals surface area contributed by atoms with Crippen LogP contribution in [0.15, 0.2) is 0 Å². The van der Waals surface area contributed by atoms with Crippen molar-refractivity contribution in [3.05, 3.63) is 0 Å². The Balaban J connectivity index is 1.57. The maximum absolute atomic E-state index is 9.69. The van der Waals surface area contributed by atoms with Gasteiger partial charge in [-0.05, 0) is 31.1 Å². The van der Waals surface area contributed by atoms with Crippen molar-refractivity contribution in [1.82, 2.24) is 10.6 Å². The summed E-state index contributed by atoms with van der Waals surface area (Å²) < 4.78 is 0. The van der Waals surface area contributed by atoms with Crippen molar-refractivity contribution in [2.24, 2.45) is 11.8 Å². The Morgan fingerprint density at radius 2 is 2.00 bits per heavy atom. The standard InChI is InChI=1S/C11H20N2O/c14-11-6-12-5-10(11)13-9-4-7-1-2-8(9)3-7/h7-14H,1-6H2/t7?,8?,9?,10-,11-/m1/s1. The largest absolute Gasteiger partial charge is 0.390 e. The fourth-order valence-corrected chi connectivity index (χ4v) is 3.56. The number of rotatable bonds is 2. The van der Waals surface area contributed by atoms with E-state index in [-0.39, 0.29) is 6.10 Å². The van der Waals surface area contributed by atoms with Gasteiger partial charge in [-0.2, -0.15) is 0 Å². The molecule has 0 aromatic carbocycles. The van der Waals surface area contributed by atoms with Crippen molar-refractivity contribution in [1.29, 1.82) is 0 Å². The topological polar surface area (TPSA) is 44.3 Å². The molecule has 3 heteroatoms. The lowest BCUT2D eigenvalue weighted by molar-refractivity contribution is 0.149. The van der Waals surface area contributed by atoms with Gasteiger partial charge in [-0.3, -0.25) is 0 Å². The zero-order valence-electron chi connectivity index (χ0n) is 8.58. The normalized spacial score (nSPS) is 51.6. The third kappa shape index (κ3) is 1.47. The smallest absolute Gasteiger partial charge is 0.0829 e. The van der Waals surface area contributed by atoms with E-state index < -0.39 is 0 Å². The summed E-state index contributed by atoms with van der Waals surface area (Å²) in [5.74, 6) is 1.90. The van der Waals surface area contributed by atoms with Gasteiger partial charge in [0, 0.05) is 25.2 Å². The number of fused-ring (bicyclic) bond motifs is 2. The second-order valence-corrected chi connectivity index (χ2v) is 5.28. The molecule has 1 heterocycles. The average Bonchev–Trinajstić information content (AvgIpc) is 2.83. The molecule has 0 spiro atoms. The minimum atomic E-state index is -0.172. The predicted molar refractivity (Wildman–Crippen MR) is 55.0 cm³/mol. The molecule has 3 fully saturated rings. The summed E-state index contributed by atoms with van der Waals surface area (Å²) in [6.07, 6.45) is 5.49. The van der Waals surface area contributed by atoms with Crippen LogP contribution in [0.25, 0.3) is 0 Å². The van der Waals surface area contributed by atoms with Crippen LogP contribution in [-0.2, 0) is 0 Å². The predicted octanol–water partition coefficient (Wildman–Crippen LogP) is 0.0973. The molecule has 0 amide bonds. The van der Waals surface area contributed by atoms with E-state index in [0.717, 1.165) is 24.9 Å². The summed E-state index contributed by atoms with van der Waals surface area (Å²) in [4.78, 5) is 0. The highest BCUT2D eigenvalue weighted by atomic mass is 16.3. The summed E-state index contributed by atoms with van der Waals surface area (Å²) >= 11 is 0. The first kappa shape index (κ1) is 9.13. The Bertz CT molecular complexity index is 221. The maximum Gasteiger partial charge on any atom is 0.0829 e. The summed E-state index contributed by atoms with van der Waals surface area (Å²) in [5.41, 5.74) is 0. The van der Waals surface area contributed by atoms with Crippen LogP contribution in [0, 0.1) is 11.8 Å². The van der Waals surface area contributed by atoms with Gasteiger partial charge in [-0.1, -0.05) is 6.42 Å². The number of hydrogen-bond acceptors (Lipinski definition) is 3.